The van der Waals surface area contributed by atoms with E-state index < -0.39 is 0 Å². The van der Waals surface area contributed by atoms with Crippen molar-refractivity contribution in [2.75, 3.05) is 37.8 Å². The summed E-state index contributed by atoms with van der Waals surface area (Å²) in [5.41, 5.74) is 1.35. The molecule has 0 unspecified atom stereocenters. The maximum absolute atomic E-state index is 14.2. The van der Waals surface area contributed by atoms with Crippen LogP contribution < -0.4 is 10.2 Å². The van der Waals surface area contributed by atoms with Crippen LogP contribution in [-0.4, -0.2) is 44.9 Å². The molecule has 0 radical (unpaired) electrons. The van der Waals surface area contributed by atoms with E-state index in [-0.39, 0.29) is 17.8 Å². The number of nitrogens with one attached hydrogen (secondary N) is 1. The number of carbonyl (C=O) groups is 1. The molecule has 6 heteroatoms. The number of nitrogens with zero attached hydrogens (tertiary/aromatic N) is 1. The van der Waals surface area contributed by atoms with Crippen molar-refractivity contribution >= 4 is 11.6 Å². The van der Waals surface area contributed by atoms with Gasteiger partial charge in [0.2, 0.25) is 5.91 Å². The fourth-order valence-corrected chi connectivity index (χ4v) is 2.81. The molecule has 2 heterocycles. The molecular formula is C16H21FN2O3. The Bertz CT molecular complexity index is 526. The van der Waals surface area contributed by atoms with Crippen molar-refractivity contribution in [3.8, 4) is 0 Å². The molecule has 0 aromatic heterocycles. The van der Waals surface area contributed by atoms with Gasteiger partial charge in [0.15, 0.2) is 0 Å². The van der Waals surface area contributed by atoms with Crippen LogP contribution in [0.2, 0.25) is 0 Å². The van der Waals surface area contributed by atoms with E-state index in [0.29, 0.717) is 45.1 Å². The highest BCUT2D eigenvalue weighted by Crippen LogP contribution is 2.21. The predicted molar refractivity (Wildman–Crippen MR) is 80.3 cm³/mol. The number of morpholine rings is 1. The number of amides is 1. The van der Waals surface area contributed by atoms with Crippen molar-refractivity contribution in [2.24, 2.45) is 0 Å². The maximum atomic E-state index is 14.2. The second-order valence-electron chi connectivity index (χ2n) is 5.60. The van der Waals surface area contributed by atoms with E-state index in [9.17, 15) is 9.18 Å². The molecule has 2 saturated heterocycles. The molecule has 0 aliphatic carbocycles. The quantitative estimate of drug-likeness (QED) is 0.915. The Morgan fingerprint density at radius 1 is 1.32 bits per heavy atom. The third-order valence-corrected chi connectivity index (χ3v) is 4.05. The zero-order valence-corrected chi connectivity index (χ0v) is 12.5. The van der Waals surface area contributed by atoms with E-state index in [2.05, 4.69) is 5.32 Å². The molecule has 2 aliphatic heterocycles. The van der Waals surface area contributed by atoms with Crippen LogP contribution in [-0.2, 0) is 20.8 Å². The van der Waals surface area contributed by atoms with Gasteiger partial charge in [-0.3, -0.25) is 4.79 Å². The second kappa shape index (κ2) is 7.07. The van der Waals surface area contributed by atoms with Gasteiger partial charge in [-0.2, -0.15) is 0 Å². The van der Waals surface area contributed by atoms with E-state index in [1.165, 1.54) is 6.07 Å². The molecule has 5 nitrogen and oxygen atoms in total. The summed E-state index contributed by atoms with van der Waals surface area (Å²) < 4.78 is 24.8. The van der Waals surface area contributed by atoms with E-state index in [0.717, 1.165) is 18.4 Å². The number of benzene rings is 1. The van der Waals surface area contributed by atoms with Crippen LogP contribution >= 0.6 is 0 Å². The molecule has 1 N–H and O–H groups in total. The molecule has 2 aliphatic rings. The summed E-state index contributed by atoms with van der Waals surface area (Å²) in [6, 6.07) is 5.11. The highest BCUT2D eigenvalue weighted by atomic mass is 19.1. The van der Waals surface area contributed by atoms with Crippen LogP contribution in [0.1, 0.15) is 18.4 Å². The number of hydrogen-bond acceptors (Lipinski definition) is 4. The fourth-order valence-electron chi connectivity index (χ4n) is 2.81. The zero-order chi connectivity index (χ0) is 15.4. The number of halogens is 1. The summed E-state index contributed by atoms with van der Waals surface area (Å²) in [6.07, 6.45) is 1.33. The monoisotopic (exact) mass is 308 g/mol. The van der Waals surface area contributed by atoms with Crippen LogP contribution in [0.4, 0.5) is 10.1 Å². The lowest BCUT2D eigenvalue weighted by Crippen LogP contribution is -2.36. The van der Waals surface area contributed by atoms with Gasteiger partial charge in [0, 0.05) is 26.2 Å². The molecule has 0 spiro atoms. The Hall–Kier alpha value is -1.66. The lowest BCUT2D eigenvalue weighted by atomic mass is 10.1. The predicted octanol–water partition coefficient (Wildman–Crippen LogP) is 1.46. The minimum atomic E-state index is -0.350. The van der Waals surface area contributed by atoms with E-state index in [4.69, 9.17) is 9.47 Å². The Labute approximate surface area is 129 Å². The normalized spacial score (nSPS) is 21.9. The van der Waals surface area contributed by atoms with Crippen LogP contribution in [0.5, 0.6) is 0 Å². The van der Waals surface area contributed by atoms with Gasteiger partial charge in [0.05, 0.1) is 18.9 Å². The van der Waals surface area contributed by atoms with Gasteiger partial charge in [0.25, 0.3) is 0 Å². The van der Waals surface area contributed by atoms with Gasteiger partial charge in [-0.15, -0.1) is 0 Å². The molecule has 1 amide bonds. The van der Waals surface area contributed by atoms with Gasteiger partial charge in [-0.05, 0) is 30.5 Å². The molecule has 120 valence electrons. The first-order valence-corrected chi connectivity index (χ1v) is 7.74. The zero-order valence-electron chi connectivity index (χ0n) is 12.5. The number of rotatable bonds is 4. The average molecular weight is 308 g/mol. The Morgan fingerprint density at radius 2 is 2.14 bits per heavy atom. The Kier molecular flexibility index (Phi) is 4.90. The standard InChI is InChI=1S/C16H21FN2O3/c17-13-10-12(11-18-16(20)15-2-1-7-22-15)3-4-14(13)19-5-8-21-9-6-19/h3-4,10,15H,1-2,5-9,11H2,(H,18,20)/t15-/m1/s1. The molecule has 0 saturated carbocycles. The highest BCUT2D eigenvalue weighted by Gasteiger charge is 2.23. The first kappa shape index (κ1) is 15.2. The van der Waals surface area contributed by atoms with Gasteiger partial charge >= 0.3 is 0 Å². The summed E-state index contributed by atoms with van der Waals surface area (Å²) in [6.45, 7) is 3.61. The highest BCUT2D eigenvalue weighted by molar-refractivity contribution is 5.80. The smallest absolute Gasteiger partial charge is 0.249 e. The first-order chi connectivity index (χ1) is 10.7. The number of hydrogen-bond donors (Lipinski definition) is 1. The summed E-state index contributed by atoms with van der Waals surface area (Å²) >= 11 is 0. The van der Waals surface area contributed by atoms with E-state index in [1.807, 2.05) is 11.0 Å². The van der Waals surface area contributed by atoms with Crippen molar-refractivity contribution in [2.45, 2.75) is 25.5 Å². The van der Waals surface area contributed by atoms with Crippen LogP contribution in [0.3, 0.4) is 0 Å². The first-order valence-electron chi connectivity index (χ1n) is 7.74. The largest absolute Gasteiger partial charge is 0.378 e. The van der Waals surface area contributed by atoms with Crippen LogP contribution in [0.25, 0.3) is 0 Å². The van der Waals surface area contributed by atoms with Crippen molar-refractivity contribution in [1.29, 1.82) is 0 Å². The second-order valence-corrected chi connectivity index (χ2v) is 5.60. The topological polar surface area (TPSA) is 50.8 Å². The Balaban J connectivity index is 1.58. The van der Waals surface area contributed by atoms with Crippen molar-refractivity contribution in [1.82, 2.24) is 5.32 Å². The van der Waals surface area contributed by atoms with Gasteiger partial charge in [-0.25, -0.2) is 4.39 Å². The fraction of sp³-hybridized carbons (Fsp3) is 0.562. The summed E-state index contributed by atoms with van der Waals surface area (Å²) in [7, 11) is 0. The van der Waals surface area contributed by atoms with Gasteiger partial charge < -0.3 is 19.7 Å². The molecule has 3 rings (SSSR count). The molecule has 1 aromatic carbocycles. The van der Waals surface area contributed by atoms with Gasteiger partial charge in [-0.1, -0.05) is 6.07 Å². The Morgan fingerprint density at radius 3 is 2.82 bits per heavy atom. The molecule has 22 heavy (non-hydrogen) atoms. The third-order valence-electron chi connectivity index (χ3n) is 4.05. The summed E-state index contributed by atoms with van der Waals surface area (Å²) in [4.78, 5) is 13.8. The number of carbonyl (C=O) groups excluding carboxylic acids is 1. The van der Waals surface area contributed by atoms with Crippen molar-refractivity contribution in [3.05, 3.63) is 29.6 Å². The minimum absolute atomic E-state index is 0.116. The van der Waals surface area contributed by atoms with Crippen LogP contribution in [0, 0.1) is 5.82 Å². The molecule has 1 aromatic rings. The molecule has 2 fully saturated rings. The SMILES string of the molecule is O=C(NCc1ccc(N2CCOCC2)c(F)c1)[C@H]1CCCO1. The number of anilines is 1. The summed E-state index contributed by atoms with van der Waals surface area (Å²) in [5.74, 6) is -0.374. The lowest BCUT2D eigenvalue weighted by Gasteiger charge is -2.29. The minimum Gasteiger partial charge on any atom is -0.378 e. The van der Waals surface area contributed by atoms with Crippen molar-refractivity contribution < 1.29 is 18.7 Å². The average Bonchev–Trinajstić information content (AvgIpc) is 3.08. The molecule has 0 bridgehead atoms. The molecule has 1 atom stereocenters. The third kappa shape index (κ3) is 3.56. The van der Waals surface area contributed by atoms with E-state index in [1.54, 1.807) is 6.07 Å². The summed E-state index contributed by atoms with van der Waals surface area (Å²) in [5, 5.41) is 2.80. The van der Waals surface area contributed by atoms with Gasteiger partial charge in [0.1, 0.15) is 11.9 Å². The van der Waals surface area contributed by atoms with Crippen molar-refractivity contribution in [3.63, 3.8) is 0 Å². The lowest BCUT2D eigenvalue weighted by molar-refractivity contribution is -0.130. The maximum Gasteiger partial charge on any atom is 0.249 e. The van der Waals surface area contributed by atoms with E-state index >= 15 is 0 Å². The molecular weight excluding hydrogens is 287 g/mol. The number of ether oxygens (including phenoxy) is 2. The van der Waals surface area contributed by atoms with Crippen LogP contribution in [0.15, 0.2) is 18.2 Å².